The van der Waals surface area contributed by atoms with Crippen LogP contribution >= 0.6 is 0 Å². The van der Waals surface area contributed by atoms with Crippen molar-refractivity contribution in [1.29, 1.82) is 0 Å². The molecule has 3 rings (SSSR count). The van der Waals surface area contributed by atoms with E-state index in [2.05, 4.69) is 34.4 Å². The Labute approximate surface area is 171 Å². The number of anilines is 2. The van der Waals surface area contributed by atoms with Gasteiger partial charge in [-0.1, -0.05) is 44.2 Å². The van der Waals surface area contributed by atoms with Crippen molar-refractivity contribution >= 4 is 17.4 Å². The van der Waals surface area contributed by atoms with Crippen molar-refractivity contribution in [3.05, 3.63) is 77.2 Å². The highest BCUT2D eigenvalue weighted by molar-refractivity contribution is 6.03. The molecule has 2 N–H and O–H groups in total. The number of amides is 1. The SMILES string of the molecule is COc1ccc(CNc2cnc(C(=O)Nc3c(C)cccc3C(C)C)cn2)cc1. The highest BCUT2D eigenvalue weighted by Gasteiger charge is 2.14. The number of aryl methyl sites for hydroxylation is 1. The highest BCUT2D eigenvalue weighted by Crippen LogP contribution is 2.27. The quantitative estimate of drug-likeness (QED) is 0.607. The molecule has 0 aliphatic heterocycles. The Kier molecular flexibility index (Phi) is 6.44. The molecule has 29 heavy (non-hydrogen) atoms. The first-order valence-corrected chi connectivity index (χ1v) is 9.57. The van der Waals surface area contributed by atoms with Gasteiger partial charge in [-0.05, 0) is 41.7 Å². The molecule has 0 spiro atoms. The normalized spacial score (nSPS) is 10.7. The molecule has 0 aliphatic carbocycles. The molecular formula is C23H26N4O2. The number of para-hydroxylation sites is 1. The van der Waals surface area contributed by atoms with Gasteiger partial charge in [0, 0.05) is 12.2 Å². The molecule has 6 nitrogen and oxygen atoms in total. The minimum absolute atomic E-state index is 0.268. The number of methoxy groups -OCH3 is 1. The molecule has 0 unspecified atom stereocenters. The molecule has 2 aromatic carbocycles. The average Bonchev–Trinajstić information content (AvgIpc) is 2.74. The number of aromatic nitrogens is 2. The van der Waals surface area contributed by atoms with Crippen LogP contribution in [-0.4, -0.2) is 23.0 Å². The Balaban J connectivity index is 1.64. The van der Waals surface area contributed by atoms with Crippen LogP contribution in [0.25, 0.3) is 0 Å². The first-order chi connectivity index (χ1) is 14.0. The lowest BCUT2D eigenvalue weighted by Gasteiger charge is -2.16. The van der Waals surface area contributed by atoms with E-state index in [1.54, 1.807) is 13.3 Å². The number of hydrogen-bond donors (Lipinski definition) is 2. The van der Waals surface area contributed by atoms with E-state index in [1.807, 2.05) is 49.4 Å². The maximum Gasteiger partial charge on any atom is 0.275 e. The fourth-order valence-electron chi connectivity index (χ4n) is 2.99. The van der Waals surface area contributed by atoms with Gasteiger partial charge in [-0.2, -0.15) is 0 Å². The highest BCUT2D eigenvalue weighted by atomic mass is 16.5. The molecule has 0 fully saturated rings. The largest absolute Gasteiger partial charge is 0.497 e. The molecule has 150 valence electrons. The molecule has 6 heteroatoms. The Bertz CT molecular complexity index is 967. The minimum atomic E-state index is -0.268. The summed E-state index contributed by atoms with van der Waals surface area (Å²) in [7, 11) is 1.64. The second kappa shape index (κ2) is 9.19. The number of ether oxygens (including phenoxy) is 1. The molecular weight excluding hydrogens is 364 g/mol. The van der Waals surface area contributed by atoms with E-state index >= 15 is 0 Å². The van der Waals surface area contributed by atoms with E-state index in [9.17, 15) is 4.79 Å². The molecule has 1 amide bonds. The Morgan fingerprint density at radius 2 is 1.83 bits per heavy atom. The van der Waals surface area contributed by atoms with Crippen LogP contribution in [0.3, 0.4) is 0 Å². The van der Waals surface area contributed by atoms with Crippen molar-refractivity contribution in [2.45, 2.75) is 33.2 Å². The molecule has 0 atom stereocenters. The van der Waals surface area contributed by atoms with Crippen LogP contribution in [0.15, 0.2) is 54.9 Å². The maximum absolute atomic E-state index is 12.6. The second-order valence-electron chi connectivity index (χ2n) is 7.14. The van der Waals surface area contributed by atoms with Gasteiger partial charge in [0.2, 0.25) is 0 Å². The van der Waals surface area contributed by atoms with E-state index in [0.717, 1.165) is 28.1 Å². The van der Waals surface area contributed by atoms with Gasteiger partial charge < -0.3 is 15.4 Å². The summed E-state index contributed by atoms with van der Waals surface area (Å²) in [5.74, 6) is 1.46. The number of carbonyl (C=O) groups excluding carboxylic acids is 1. The van der Waals surface area contributed by atoms with Crippen molar-refractivity contribution in [3.8, 4) is 5.75 Å². The Morgan fingerprint density at radius 3 is 2.45 bits per heavy atom. The van der Waals surface area contributed by atoms with Crippen molar-refractivity contribution in [1.82, 2.24) is 9.97 Å². The van der Waals surface area contributed by atoms with Crippen LogP contribution in [0.1, 0.15) is 46.9 Å². The summed E-state index contributed by atoms with van der Waals surface area (Å²) in [6.45, 7) is 6.80. The van der Waals surface area contributed by atoms with E-state index in [-0.39, 0.29) is 11.6 Å². The van der Waals surface area contributed by atoms with Crippen LogP contribution in [0.2, 0.25) is 0 Å². The van der Waals surface area contributed by atoms with Crippen molar-refractivity contribution in [3.63, 3.8) is 0 Å². The zero-order valence-corrected chi connectivity index (χ0v) is 17.2. The smallest absolute Gasteiger partial charge is 0.275 e. The van der Waals surface area contributed by atoms with Crippen LogP contribution in [-0.2, 0) is 6.54 Å². The van der Waals surface area contributed by atoms with E-state index < -0.39 is 0 Å². The minimum Gasteiger partial charge on any atom is -0.497 e. The maximum atomic E-state index is 12.6. The van der Waals surface area contributed by atoms with Crippen LogP contribution < -0.4 is 15.4 Å². The van der Waals surface area contributed by atoms with E-state index in [0.29, 0.717) is 18.3 Å². The van der Waals surface area contributed by atoms with Gasteiger partial charge in [-0.15, -0.1) is 0 Å². The van der Waals surface area contributed by atoms with Gasteiger partial charge in [-0.25, -0.2) is 9.97 Å². The van der Waals surface area contributed by atoms with Crippen LogP contribution in [0.4, 0.5) is 11.5 Å². The van der Waals surface area contributed by atoms with Gasteiger partial charge in [0.05, 0.1) is 19.5 Å². The standard InChI is InChI=1S/C23H26N4O2/c1-15(2)19-7-5-6-16(3)22(19)27-23(28)20-13-26-21(14-24-20)25-12-17-8-10-18(29-4)11-9-17/h5-11,13-15H,12H2,1-4H3,(H,25,26)(H,27,28). The lowest BCUT2D eigenvalue weighted by Crippen LogP contribution is -2.17. The number of benzene rings is 2. The fourth-order valence-corrected chi connectivity index (χ4v) is 2.99. The third-order valence-corrected chi connectivity index (χ3v) is 4.68. The zero-order chi connectivity index (χ0) is 20.8. The van der Waals surface area contributed by atoms with Gasteiger partial charge >= 0.3 is 0 Å². The Hall–Kier alpha value is -3.41. The summed E-state index contributed by atoms with van der Waals surface area (Å²) in [5, 5.41) is 6.19. The van der Waals surface area contributed by atoms with Crippen LogP contribution in [0, 0.1) is 6.92 Å². The first-order valence-electron chi connectivity index (χ1n) is 9.57. The summed E-state index contributed by atoms with van der Waals surface area (Å²) in [6.07, 6.45) is 3.05. The van der Waals surface area contributed by atoms with Gasteiger partial charge in [-0.3, -0.25) is 4.79 Å². The zero-order valence-electron chi connectivity index (χ0n) is 17.2. The molecule has 0 saturated heterocycles. The molecule has 0 aliphatic rings. The number of nitrogens with zero attached hydrogens (tertiary/aromatic N) is 2. The number of nitrogens with one attached hydrogen (secondary N) is 2. The monoisotopic (exact) mass is 390 g/mol. The number of carbonyl (C=O) groups is 1. The van der Waals surface area contributed by atoms with E-state index in [1.165, 1.54) is 6.20 Å². The third-order valence-electron chi connectivity index (χ3n) is 4.68. The first kappa shape index (κ1) is 20.3. The van der Waals surface area contributed by atoms with Crippen LogP contribution in [0.5, 0.6) is 5.75 Å². The molecule has 3 aromatic rings. The van der Waals surface area contributed by atoms with Gasteiger partial charge in [0.15, 0.2) is 0 Å². The lowest BCUT2D eigenvalue weighted by atomic mass is 9.98. The predicted molar refractivity (Wildman–Crippen MR) is 116 cm³/mol. The average molecular weight is 390 g/mol. The predicted octanol–water partition coefficient (Wildman–Crippen LogP) is 4.78. The fraction of sp³-hybridized carbons (Fsp3) is 0.261. The van der Waals surface area contributed by atoms with Crippen molar-refractivity contribution in [2.75, 3.05) is 17.7 Å². The summed E-state index contributed by atoms with van der Waals surface area (Å²) >= 11 is 0. The van der Waals surface area contributed by atoms with Gasteiger partial charge in [0.25, 0.3) is 5.91 Å². The molecule has 0 bridgehead atoms. The van der Waals surface area contributed by atoms with Crippen molar-refractivity contribution in [2.24, 2.45) is 0 Å². The van der Waals surface area contributed by atoms with Crippen molar-refractivity contribution < 1.29 is 9.53 Å². The number of hydrogen-bond acceptors (Lipinski definition) is 5. The second-order valence-corrected chi connectivity index (χ2v) is 7.14. The Morgan fingerprint density at radius 1 is 1.07 bits per heavy atom. The van der Waals surface area contributed by atoms with E-state index in [4.69, 9.17) is 4.74 Å². The summed E-state index contributed by atoms with van der Waals surface area (Å²) < 4.78 is 5.16. The third kappa shape index (κ3) is 5.10. The molecule has 0 saturated carbocycles. The van der Waals surface area contributed by atoms with Gasteiger partial charge in [0.1, 0.15) is 17.3 Å². The molecule has 1 aromatic heterocycles. The summed E-state index contributed by atoms with van der Waals surface area (Å²) in [4.78, 5) is 21.2. The summed E-state index contributed by atoms with van der Waals surface area (Å²) in [5.41, 5.74) is 4.34. The molecule has 1 heterocycles. The topological polar surface area (TPSA) is 76.1 Å². The summed E-state index contributed by atoms with van der Waals surface area (Å²) in [6, 6.07) is 13.8. The molecule has 0 radical (unpaired) electrons. The number of rotatable bonds is 7. The lowest BCUT2D eigenvalue weighted by molar-refractivity contribution is 0.102.